The van der Waals surface area contributed by atoms with Crippen molar-refractivity contribution in [3.63, 3.8) is 0 Å². The van der Waals surface area contributed by atoms with E-state index in [0.717, 1.165) is 68.8 Å². The van der Waals surface area contributed by atoms with Crippen LogP contribution in [-0.4, -0.2) is 26.2 Å². The standard InChI is InChI=1S/C7H10N2.C6H16N2.C5H14N2/c1-5-2-3-6(8)4-7(5)9;7-5-3-1-2-4-6-8;6-4-2-1-3-5-7/h2-4H,8-9H2,1H3;1-8H2;1-7H2. The predicted octanol–water partition coefficient (Wildman–Crippen LogP) is 1.70. The monoisotopic (exact) mass is 340 g/mol. The van der Waals surface area contributed by atoms with Crippen LogP contribution in [0, 0.1) is 6.92 Å². The first-order chi connectivity index (χ1) is 11.5. The maximum Gasteiger partial charge on any atom is 0.0364 e. The molecule has 1 aromatic rings. The van der Waals surface area contributed by atoms with Gasteiger partial charge in [-0.2, -0.15) is 0 Å². The number of unbranched alkanes of at least 4 members (excludes halogenated alkanes) is 5. The van der Waals surface area contributed by atoms with Crippen molar-refractivity contribution in [2.24, 2.45) is 22.9 Å². The summed E-state index contributed by atoms with van der Waals surface area (Å²) in [5.74, 6) is 0. The second-order valence-electron chi connectivity index (χ2n) is 5.75. The van der Waals surface area contributed by atoms with Gasteiger partial charge in [-0.3, -0.25) is 0 Å². The summed E-state index contributed by atoms with van der Waals surface area (Å²) in [6.45, 7) is 5.21. The van der Waals surface area contributed by atoms with Gasteiger partial charge in [0.05, 0.1) is 0 Å². The molecule has 6 heteroatoms. The van der Waals surface area contributed by atoms with Gasteiger partial charge < -0.3 is 34.4 Å². The molecule has 0 aliphatic rings. The number of nitrogens with two attached hydrogens (primary N) is 6. The van der Waals surface area contributed by atoms with Gasteiger partial charge in [-0.05, 0) is 76.5 Å². The third-order valence-corrected chi connectivity index (χ3v) is 3.37. The van der Waals surface area contributed by atoms with Crippen molar-refractivity contribution < 1.29 is 0 Å². The van der Waals surface area contributed by atoms with Gasteiger partial charge in [0, 0.05) is 11.4 Å². The molecule has 142 valence electrons. The highest BCUT2D eigenvalue weighted by atomic mass is 14.6. The summed E-state index contributed by atoms with van der Waals surface area (Å²) in [6.07, 6.45) is 8.22. The number of benzene rings is 1. The molecule has 0 aliphatic carbocycles. The van der Waals surface area contributed by atoms with Crippen LogP contribution < -0.4 is 34.4 Å². The molecular weight excluding hydrogens is 300 g/mol. The zero-order valence-corrected chi connectivity index (χ0v) is 15.5. The van der Waals surface area contributed by atoms with Crippen LogP contribution in [0.3, 0.4) is 0 Å². The molecule has 0 aromatic heterocycles. The Bertz CT molecular complexity index is 361. The molecule has 0 bridgehead atoms. The maximum atomic E-state index is 5.54. The smallest absolute Gasteiger partial charge is 0.0364 e. The van der Waals surface area contributed by atoms with Gasteiger partial charge in [-0.25, -0.2) is 0 Å². The van der Waals surface area contributed by atoms with Gasteiger partial charge in [0.25, 0.3) is 0 Å². The zero-order chi connectivity index (χ0) is 18.6. The largest absolute Gasteiger partial charge is 0.399 e. The van der Waals surface area contributed by atoms with Gasteiger partial charge in [-0.15, -0.1) is 0 Å². The van der Waals surface area contributed by atoms with Gasteiger partial charge in [-0.1, -0.05) is 25.3 Å². The Morgan fingerprint density at radius 3 is 1.29 bits per heavy atom. The van der Waals surface area contributed by atoms with Gasteiger partial charge in [0.2, 0.25) is 0 Å². The highest BCUT2D eigenvalue weighted by Crippen LogP contribution is 2.13. The quantitative estimate of drug-likeness (QED) is 0.297. The fourth-order valence-corrected chi connectivity index (χ4v) is 1.77. The van der Waals surface area contributed by atoms with Gasteiger partial charge in [0.15, 0.2) is 0 Å². The van der Waals surface area contributed by atoms with Crippen molar-refractivity contribution in [2.45, 2.75) is 51.9 Å². The van der Waals surface area contributed by atoms with Crippen LogP contribution in [0.25, 0.3) is 0 Å². The Kier molecular flexibility index (Phi) is 20.5. The van der Waals surface area contributed by atoms with E-state index in [2.05, 4.69) is 0 Å². The molecule has 0 atom stereocenters. The molecule has 1 rings (SSSR count). The molecule has 0 aliphatic heterocycles. The van der Waals surface area contributed by atoms with Crippen molar-refractivity contribution >= 4 is 11.4 Å². The zero-order valence-electron chi connectivity index (χ0n) is 15.5. The number of hydrogen-bond acceptors (Lipinski definition) is 6. The van der Waals surface area contributed by atoms with E-state index in [1.54, 1.807) is 6.07 Å². The lowest BCUT2D eigenvalue weighted by Gasteiger charge is -1.98. The molecule has 0 unspecified atom stereocenters. The molecule has 1 aromatic carbocycles. The van der Waals surface area contributed by atoms with E-state index >= 15 is 0 Å². The van der Waals surface area contributed by atoms with E-state index in [1.165, 1.54) is 19.3 Å². The maximum absolute atomic E-state index is 5.54. The summed E-state index contributed by atoms with van der Waals surface area (Å²) < 4.78 is 0. The first-order valence-electron chi connectivity index (χ1n) is 8.95. The molecule has 0 spiro atoms. The van der Waals surface area contributed by atoms with Crippen molar-refractivity contribution in [3.05, 3.63) is 23.8 Å². The summed E-state index contributed by atoms with van der Waals surface area (Å²) in [5.41, 5.74) is 34.6. The fraction of sp³-hybridized carbons (Fsp3) is 0.667. The first kappa shape index (κ1) is 24.9. The summed E-state index contributed by atoms with van der Waals surface area (Å²) in [4.78, 5) is 0. The molecule has 0 amide bonds. The number of aryl methyl sites for hydroxylation is 1. The Hall–Kier alpha value is -1.34. The number of nitrogen functional groups attached to an aromatic ring is 2. The summed E-state index contributed by atoms with van der Waals surface area (Å²) >= 11 is 0. The first-order valence-corrected chi connectivity index (χ1v) is 8.95. The second-order valence-corrected chi connectivity index (χ2v) is 5.75. The van der Waals surface area contributed by atoms with Gasteiger partial charge in [0.1, 0.15) is 0 Å². The Morgan fingerprint density at radius 1 is 0.625 bits per heavy atom. The minimum absolute atomic E-state index is 0.720. The van der Waals surface area contributed by atoms with Crippen LogP contribution in [0.1, 0.15) is 50.5 Å². The topological polar surface area (TPSA) is 156 Å². The van der Waals surface area contributed by atoms with Crippen LogP contribution in [-0.2, 0) is 0 Å². The molecule has 6 nitrogen and oxygen atoms in total. The van der Waals surface area contributed by atoms with Crippen LogP contribution >= 0.6 is 0 Å². The van der Waals surface area contributed by atoms with E-state index < -0.39 is 0 Å². The van der Waals surface area contributed by atoms with Crippen molar-refractivity contribution in [1.82, 2.24) is 0 Å². The summed E-state index contributed by atoms with van der Waals surface area (Å²) in [5, 5.41) is 0. The Labute approximate surface area is 148 Å². The lowest BCUT2D eigenvalue weighted by atomic mass is 10.2. The van der Waals surface area contributed by atoms with Crippen LogP contribution in [0.4, 0.5) is 11.4 Å². The molecule has 0 saturated heterocycles. The fourth-order valence-electron chi connectivity index (χ4n) is 1.77. The number of hydrogen-bond donors (Lipinski definition) is 6. The average molecular weight is 341 g/mol. The average Bonchev–Trinajstić information content (AvgIpc) is 2.57. The molecule has 0 heterocycles. The van der Waals surface area contributed by atoms with Crippen molar-refractivity contribution in [3.8, 4) is 0 Å². The van der Waals surface area contributed by atoms with E-state index in [1.807, 2.05) is 19.1 Å². The van der Waals surface area contributed by atoms with E-state index in [9.17, 15) is 0 Å². The SMILES string of the molecule is Cc1ccc(N)cc1N.NCCCCCCN.NCCCCCN. The van der Waals surface area contributed by atoms with E-state index in [0.29, 0.717) is 0 Å². The second kappa shape index (κ2) is 19.7. The Morgan fingerprint density at radius 2 is 1.00 bits per heavy atom. The normalized spacial score (nSPS) is 9.54. The Balaban J connectivity index is 0. The lowest BCUT2D eigenvalue weighted by Crippen LogP contribution is -2.02. The molecule has 0 fully saturated rings. The van der Waals surface area contributed by atoms with Crippen molar-refractivity contribution in [1.29, 1.82) is 0 Å². The number of rotatable bonds is 9. The number of anilines is 2. The van der Waals surface area contributed by atoms with Gasteiger partial charge >= 0.3 is 0 Å². The minimum atomic E-state index is 0.720. The molecule has 24 heavy (non-hydrogen) atoms. The minimum Gasteiger partial charge on any atom is -0.399 e. The highest BCUT2D eigenvalue weighted by Gasteiger charge is 1.90. The molecule has 0 radical (unpaired) electrons. The van der Waals surface area contributed by atoms with E-state index in [4.69, 9.17) is 34.4 Å². The molecular formula is C18H40N6. The lowest BCUT2D eigenvalue weighted by molar-refractivity contribution is 0.653. The third kappa shape index (κ3) is 18.7. The highest BCUT2D eigenvalue weighted by molar-refractivity contribution is 5.55. The van der Waals surface area contributed by atoms with E-state index in [-0.39, 0.29) is 0 Å². The summed E-state index contributed by atoms with van der Waals surface area (Å²) in [6, 6.07) is 5.51. The van der Waals surface area contributed by atoms with Crippen molar-refractivity contribution in [2.75, 3.05) is 37.6 Å². The predicted molar refractivity (Wildman–Crippen MR) is 109 cm³/mol. The molecule has 12 N–H and O–H groups in total. The van der Waals surface area contributed by atoms with Crippen LogP contribution in [0.5, 0.6) is 0 Å². The van der Waals surface area contributed by atoms with Crippen LogP contribution in [0.2, 0.25) is 0 Å². The third-order valence-electron chi connectivity index (χ3n) is 3.37. The molecule has 0 saturated carbocycles. The van der Waals surface area contributed by atoms with Crippen LogP contribution in [0.15, 0.2) is 18.2 Å². The summed E-state index contributed by atoms with van der Waals surface area (Å²) in [7, 11) is 0.